The van der Waals surface area contributed by atoms with Crippen molar-refractivity contribution in [2.75, 3.05) is 0 Å². The van der Waals surface area contributed by atoms with Crippen molar-refractivity contribution in [2.45, 2.75) is 20.8 Å². The highest BCUT2D eigenvalue weighted by molar-refractivity contribution is 5.54. The van der Waals surface area contributed by atoms with Gasteiger partial charge in [-0.3, -0.25) is 0 Å². The Hall–Kier alpha value is -1.77. The second-order valence-electron chi connectivity index (χ2n) is 2.83. The molecule has 0 fully saturated rings. The van der Waals surface area contributed by atoms with Crippen LogP contribution < -0.4 is 0 Å². The van der Waals surface area contributed by atoms with Crippen LogP contribution in [0.2, 0.25) is 0 Å². The molecular formula is C12H15N3. The topological polar surface area (TPSA) is 38.7 Å². The maximum atomic E-state index is 4.11. The molecule has 1 heterocycles. The third kappa shape index (κ3) is 3.13. The van der Waals surface area contributed by atoms with Crippen LogP contribution in [0.25, 0.3) is 11.4 Å². The smallest absolute Gasteiger partial charge is 0.181 e. The Kier molecular flexibility index (Phi) is 4.41. The van der Waals surface area contributed by atoms with Crippen LogP contribution in [0.5, 0.6) is 0 Å². The minimum atomic E-state index is 0.669. The largest absolute Gasteiger partial charge is 0.233 e. The highest BCUT2D eigenvalue weighted by Crippen LogP contribution is 2.13. The van der Waals surface area contributed by atoms with Crippen molar-refractivity contribution in [3.8, 4) is 11.4 Å². The van der Waals surface area contributed by atoms with E-state index in [1.807, 2.05) is 45.0 Å². The summed E-state index contributed by atoms with van der Waals surface area (Å²) in [7, 11) is 0. The van der Waals surface area contributed by atoms with Gasteiger partial charge in [0.25, 0.3) is 0 Å². The maximum absolute atomic E-state index is 4.11. The molecular weight excluding hydrogens is 186 g/mol. The summed E-state index contributed by atoms with van der Waals surface area (Å²) >= 11 is 0. The molecule has 0 atom stereocenters. The van der Waals surface area contributed by atoms with E-state index in [0.29, 0.717) is 5.82 Å². The Balaban J connectivity index is 0.000000531. The fourth-order valence-corrected chi connectivity index (χ4v) is 1.08. The third-order valence-corrected chi connectivity index (χ3v) is 1.79. The molecule has 1 aromatic carbocycles. The number of hydrogen-bond donors (Lipinski definition) is 0. The van der Waals surface area contributed by atoms with E-state index < -0.39 is 0 Å². The van der Waals surface area contributed by atoms with E-state index in [2.05, 4.69) is 15.2 Å². The number of benzene rings is 1. The first-order valence-electron chi connectivity index (χ1n) is 5.07. The lowest BCUT2D eigenvalue weighted by Crippen LogP contribution is -1.89. The molecule has 0 unspecified atom stereocenters. The molecule has 0 aliphatic carbocycles. The lowest BCUT2D eigenvalue weighted by atomic mass is 10.1. The quantitative estimate of drug-likeness (QED) is 0.712. The summed E-state index contributed by atoms with van der Waals surface area (Å²) in [4.78, 5) is 4.11. The van der Waals surface area contributed by atoms with E-state index >= 15 is 0 Å². The van der Waals surface area contributed by atoms with Gasteiger partial charge in [-0.1, -0.05) is 43.7 Å². The molecule has 0 saturated heterocycles. The number of hydrogen-bond acceptors (Lipinski definition) is 3. The van der Waals surface area contributed by atoms with Crippen LogP contribution in [-0.4, -0.2) is 15.2 Å². The second kappa shape index (κ2) is 5.86. The Labute approximate surface area is 90.2 Å². The maximum Gasteiger partial charge on any atom is 0.181 e. The van der Waals surface area contributed by atoms with Gasteiger partial charge in [-0.25, -0.2) is 4.98 Å². The molecule has 1 aromatic heterocycles. The Morgan fingerprint density at radius 1 is 0.933 bits per heavy atom. The summed E-state index contributed by atoms with van der Waals surface area (Å²) in [6, 6.07) is 8.05. The predicted octanol–water partition coefficient (Wildman–Crippen LogP) is 2.87. The van der Waals surface area contributed by atoms with E-state index in [1.165, 1.54) is 5.56 Å². The minimum Gasteiger partial charge on any atom is -0.233 e. The standard InChI is InChI=1S/C10H9N3.C2H6/c1-8-2-4-9(5-3-8)10-11-6-7-12-13-10;1-2/h2-7H,1H3;1-2H3. The van der Waals surface area contributed by atoms with Crippen LogP contribution in [0.1, 0.15) is 19.4 Å². The zero-order valence-electron chi connectivity index (χ0n) is 9.31. The molecule has 0 aliphatic heterocycles. The molecule has 2 aromatic rings. The van der Waals surface area contributed by atoms with Crippen molar-refractivity contribution >= 4 is 0 Å². The lowest BCUT2D eigenvalue weighted by Gasteiger charge is -1.97. The SMILES string of the molecule is CC.Cc1ccc(-c2nccnn2)cc1. The first-order valence-corrected chi connectivity index (χ1v) is 5.07. The third-order valence-electron chi connectivity index (χ3n) is 1.79. The van der Waals surface area contributed by atoms with E-state index in [-0.39, 0.29) is 0 Å². The summed E-state index contributed by atoms with van der Waals surface area (Å²) in [6.07, 6.45) is 3.21. The molecule has 0 saturated carbocycles. The zero-order valence-corrected chi connectivity index (χ0v) is 9.31. The van der Waals surface area contributed by atoms with Gasteiger partial charge < -0.3 is 0 Å². The second-order valence-corrected chi connectivity index (χ2v) is 2.83. The fourth-order valence-electron chi connectivity index (χ4n) is 1.08. The zero-order chi connectivity index (χ0) is 11.1. The number of aryl methyl sites for hydroxylation is 1. The van der Waals surface area contributed by atoms with Crippen molar-refractivity contribution in [1.29, 1.82) is 0 Å². The van der Waals surface area contributed by atoms with Crippen molar-refractivity contribution in [3.05, 3.63) is 42.2 Å². The Morgan fingerprint density at radius 2 is 1.60 bits per heavy atom. The molecule has 15 heavy (non-hydrogen) atoms. The van der Waals surface area contributed by atoms with Gasteiger partial charge in [-0.05, 0) is 6.92 Å². The van der Waals surface area contributed by atoms with E-state index in [0.717, 1.165) is 5.56 Å². The van der Waals surface area contributed by atoms with Crippen LogP contribution in [-0.2, 0) is 0 Å². The number of nitrogens with zero attached hydrogens (tertiary/aromatic N) is 3. The van der Waals surface area contributed by atoms with Crippen molar-refractivity contribution < 1.29 is 0 Å². The average Bonchev–Trinajstić information content (AvgIpc) is 2.34. The highest BCUT2D eigenvalue weighted by atomic mass is 15.1. The van der Waals surface area contributed by atoms with Crippen LogP contribution in [0, 0.1) is 6.92 Å². The van der Waals surface area contributed by atoms with Gasteiger partial charge in [0.1, 0.15) is 0 Å². The van der Waals surface area contributed by atoms with Gasteiger partial charge in [-0.2, -0.15) is 5.10 Å². The Morgan fingerprint density at radius 3 is 2.13 bits per heavy atom. The highest BCUT2D eigenvalue weighted by Gasteiger charge is 1.98. The first kappa shape index (κ1) is 11.3. The summed E-state index contributed by atoms with van der Waals surface area (Å²) in [5, 5.41) is 7.69. The fraction of sp³-hybridized carbons (Fsp3) is 0.250. The van der Waals surface area contributed by atoms with E-state index in [4.69, 9.17) is 0 Å². The van der Waals surface area contributed by atoms with Crippen molar-refractivity contribution in [1.82, 2.24) is 15.2 Å². The molecule has 0 N–H and O–H groups in total. The summed E-state index contributed by atoms with van der Waals surface area (Å²) < 4.78 is 0. The van der Waals surface area contributed by atoms with E-state index in [1.54, 1.807) is 12.4 Å². The van der Waals surface area contributed by atoms with Crippen LogP contribution >= 0.6 is 0 Å². The predicted molar refractivity (Wildman–Crippen MR) is 61.3 cm³/mol. The van der Waals surface area contributed by atoms with Gasteiger partial charge in [0.2, 0.25) is 0 Å². The lowest BCUT2D eigenvalue weighted by molar-refractivity contribution is 0.980. The summed E-state index contributed by atoms with van der Waals surface area (Å²) in [5.74, 6) is 0.669. The number of aromatic nitrogens is 3. The van der Waals surface area contributed by atoms with Gasteiger partial charge in [0.05, 0.1) is 6.20 Å². The first-order chi connectivity index (χ1) is 7.36. The van der Waals surface area contributed by atoms with Gasteiger partial charge in [-0.15, -0.1) is 5.10 Å². The normalized spacial score (nSPS) is 9.00. The van der Waals surface area contributed by atoms with Crippen molar-refractivity contribution in [2.24, 2.45) is 0 Å². The summed E-state index contributed by atoms with van der Waals surface area (Å²) in [5.41, 5.74) is 2.23. The molecule has 0 amide bonds. The number of rotatable bonds is 1. The monoisotopic (exact) mass is 201 g/mol. The molecule has 0 bridgehead atoms. The van der Waals surface area contributed by atoms with Gasteiger partial charge in [0.15, 0.2) is 5.82 Å². The molecule has 3 nitrogen and oxygen atoms in total. The molecule has 2 rings (SSSR count). The average molecular weight is 201 g/mol. The van der Waals surface area contributed by atoms with Gasteiger partial charge in [0, 0.05) is 11.8 Å². The van der Waals surface area contributed by atoms with Crippen molar-refractivity contribution in [3.63, 3.8) is 0 Å². The van der Waals surface area contributed by atoms with Gasteiger partial charge >= 0.3 is 0 Å². The van der Waals surface area contributed by atoms with E-state index in [9.17, 15) is 0 Å². The Bertz CT molecular complexity index is 381. The summed E-state index contributed by atoms with van der Waals surface area (Å²) in [6.45, 7) is 6.05. The minimum absolute atomic E-state index is 0.669. The van der Waals surface area contributed by atoms with Crippen LogP contribution in [0.15, 0.2) is 36.7 Å². The molecule has 78 valence electrons. The molecule has 3 heteroatoms. The molecule has 0 radical (unpaired) electrons. The molecule has 0 aliphatic rings. The molecule has 0 spiro atoms. The van der Waals surface area contributed by atoms with Crippen LogP contribution in [0.3, 0.4) is 0 Å². The van der Waals surface area contributed by atoms with Crippen LogP contribution in [0.4, 0.5) is 0 Å².